The van der Waals surface area contributed by atoms with Crippen LogP contribution in [0.2, 0.25) is 0 Å². The number of hydrogen-bond donors (Lipinski definition) is 2. The van der Waals surface area contributed by atoms with E-state index < -0.39 is 17.5 Å². The van der Waals surface area contributed by atoms with Crippen molar-refractivity contribution in [2.75, 3.05) is 12.4 Å². The molecule has 0 aliphatic heterocycles. The number of amides is 2. The fraction of sp³-hybridized carbons (Fsp3) is 0.545. The van der Waals surface area contributed by atoms with Gasteiger partial charge in [-0.1, -0.05) is 0 Å². The Morgan fingerprint density at radius 1 is 1.50 bits per heavy atom. The highest BCUT2D eigenvalue weighted by Crippen LogP contribution is 2.16. The first-order valence-electron chi connectivity index (χ1n) is 5.44. The van der Waals surface area contributed by atoms with Crippen LogP contribution in [0.25, 0.3) is 0 Å². The van der Waals surface area contributed by atoms with Crippen molar-refractivity contribution >= 4 is 17.7 Å². The summed E-state index contributed by atoms with van der Waals surface area (Å²) < 4.78 is 1.58. The van der Waals surface area contributed by atoms with E-state index in [0.717, 1.165) is 4.90 Å². The Hall–Kier alpha value is -2.05. The van der Waals surface area contributed by atoms with Crippen LogP contribution in [0.4, 0.5) is 10.5 Å². The first kappa shape index (κ1) is 14.0. The van der Waals surface area contributed by atoms with E-state index >= 15 is 0 Å². The monoisotopic (exact) mass is 254 g/mol. The van der Waals surface area contributed by atoms with Gasteiger partial charge in [-0.25, -0.2) is 9.59 Å². The molecule has 0 fully saturated rings. The Morgan fingerprint density at radius 3 is 2.44 bits per heavy atom. The van der Waals surface area contributed by atoms with E-state index in [9.17, 15) is 9.59 Å². The third kappa shape index (κ3) is 2.61. The predicted molar refractivity (Wildman–Crippen MR) is 66.4 cm³/mol. The standard InChI is InChI=1S/C11H18N4O3/c1-7-8(6-14(4)13-7)12-10(18)15(5)11(2,3)9(16)17/h6H,1-5H3,(H,12,18)(H,16,17). The van der Waals surface area contributed by atoms with Crippen molar-refractivity contribution in [1.82, 2.24) is 14.7 Å². The molecule has 0 atom stereocenters. The molecule has 0 radical (unpaired) electrons. The number of hydrogen-bond acceptors (Lipinski definition) is 3. The van der Waals surface area contributed by atoms with Gasteiger partial charge >= 0.3 is 12.0 Å². The van der Waals surface area contributed by atoms with Crippen LogP contribution < -0.4 is 5.32 Å². The van der Waals surface area contributed by atoms with Crippen LogP contribution in [-0.4, -0.2) is 44.4 Å². The molecule has 2 N–H and O–H groups in total. The molecule has 0 bridgehead atoms. The first-order valence-corrected chi connectivity index (χ1v) is 5.44. The minimum atomic E-state index is -1.28. The van der Waals surface area contributed by atoms with Crippen molar-refractivity contribution < 1.29 is 14.7 Å². The molecule has 0 aliphatic rings. The summed E-state index contributed by atoms with van der Waals surface area (Å²) in [7, 11) is 3.18. The third-order valence-electron chi connectivity index (χ3n) is 2.92. The smallest absolute Gasteiger partial charge is 0.329 e. The highest BCUT2D eigenvalue weighted by atomic mass is 16.4. The van der Waals surface area contributed by atoms with Crippen LogP contribution in [-0.2, 0) is 11.8 Å². The summed E-state index contributed by atoms with van der Waals surface area (Å²) in [6.45, 7) is 4.69. The zero-order valence-corrected chi connectivity index (χ0v) is 11.2. The van der Waals surface area contributed by atoms with E-state index in [1.54, 1.807) is 24.9 Å². The number of aliphatic carboxylic acids is 1. The lowest BCUT2D eigenvalue weighted by Gasteiger charge is -2.31. The number of carboxylic acid groups (broad SMARTS) is 1. The second-order valence-electron chi connectivity index (χ2n) is 4.66. The average Bonchev–Trinajstić information content (AvgIpc) is 2.55. The Morgan fingerprint density at radius 2 is 2.06 bits per heavy atom. The van der Waals surface area contributed by atoms with Crippen molar-refractivity contribution in [3.8, 4) is 0 Å². The molecule has 7 heteroatoms. The molecule has 0 unspecified atom stereocenters. The minimum absolute atomic E-state index is 0.487. The van der Waals surface area contributed by atoms with E-state index in [1.165, 1.54) is 20.9 Å². The molecule has 100 valence electrons. The number of nitrogens with one attached hydrogen (secondary N) is 1. The van der Waals surface area contributed by atoms with Crippen molar-refractivity contribution in [1.29, 1.82) is 0 Å². The molecule has 18 heavy (non-hydrogen) atoms. The van der Waals surface area contributed by atoms with E-state index in [-0.39, 0.29) is 0 Å². The Kier molecular flexibility index (Phi) is 3.64. The average molecular weight is 254 g/mol. The van der Waals surface area contributed by atoms with Gasteiger partial charge in [0.2, 0.25) is 0 Å². The van der Waals surface area contributed by atoms with Crippen molar-refractivity contribution in [2.45, 2.75) is 26.3 Å². The molecule has 0 aliphatic carbocycles. The molecule has 0 saturated carbocycles. The lowest BCUT2D eigenvalue weighted by Crippen LogP contribution is -2.52. The fourth-order valence-electron chi connectivity index (χ4n) is 1.32. The molecule has 1 aromatic heterocycles. The predicted octanol–water partition coefficient (Wildman–Crippen LogP) is 1.06. The van der Waals surface area contributed by atoms with E-state index in [0.29, 0.717) is 11.4 Å². The molecular formula is C11H18N4O3. The van der Waals surface area contributed by atoms with Gasteiger partial charge in [-0.2, -0.15) is 5.10 Å². The number of likely N-dealkylation sites (N-methyl/N-ethyl adjacent to an activating group) is 1. The van der Waals surface area contributed by atoms with Crippen LogP contribution in [0, 0.1) is 6.92 Å². The van der Waals surface area contributed by atoms with Gasteiger partial charge in [0, 0.05) is 20.3 Å². The number of nitrogens with zero attached hydrogens (tertiary/aromatic N) is 3. The summed E-state index contributed by atoms with van der Waals surface area (Å²) in [6.07, 6.45) is 1.66. The molecule has 1 rings (SSSR count). The van der Waals surface area contributed by atoms with E-state index in [2.05, 4.69) is 10.4 Å². The fourth-order valence-corrected chi connectivity index (χ4v) is 1.32. The van der Waals surface area contributed by atoms with Gasteiger partial charge in [0.1, 0.15) is 5.54 Å². The van der Waals surface area contributed by atoms with Crippen molar-refractivity contribution in [3.63, 3.8) is 0 Å². The SMILES string of the molecule is Cc1nn(C)cc1NC(=O)N(C)C(C)(C)C(=O)O. The summed E-state index contributed by atoms with van der Waals surface area (Å²) >= 11 is 0. The highest BCUT2D eigenvalue weighted by Gasteiger charge is 2.35. The minimum Gasteiger partial charge on any atom is -0.480 e. The van der Waals surface area contributed by atoms with Gasteiger partial charge in [0.05, 0.1) is 11.4 Å². The van der Waals surface area contributed by atoms with Gasteiger partial charge in [-0.15, -0.1) is 0 Å². The molecule has 7 nitrogen and oxygen atoms in total. The van der Waals surface area contributed by atoms with Gasteiger partial charge in [-0.05, 0) is 20.8 Å². The summed E-state index contributed by atoms with van der Waals surface area (Å²) in [5.41, 5.74) is -0.0388. The van der Waals surface area contributed by atoms with Crippen LogP contribution in [0.15, 0.2) is 6.20 Å². The first-order chi connectivity index (χ1) is 8.16. The highest BCUT2D eigenvalue weighted by molar-refractivity contribution is 5.93. The zero-order chi connectivity index (χ0) is 14.1. The molecule has 0 saturated heterocycles. The van der Waals surface area contributed by atoms with Crippen LogP contribution in [0.1, 0.15) is 19.5 Å². The van der Waals surface area contributed by atoms with E-state index in [4.69, 9.17) is 5.11 Å². The molecule has 1 heterocycles. The van der Waals surface area contributed by atoms with Crippen molar-refractivity contribution in [3.05, 3.63) is 11.9 Å². The Balaban J connectivity index is 2.84. The number of anilines is 1. The number of carbonyl (C=O) groups excluding carboxylic acids is 1. The normalized spacial score (nSPS) is 11.2. The molecular weight excluding hydrogens is 236 g/mol. The molecule has 2 amide bonds. The lowest BCUT2D eigenvalue weighted by molar-refractivity contribution is -0.146. The van der Waals surface area contributed by atoms with Crippen LogP contribution in [0.3, 0.4) is 0 Å². The Bertz CT molecular complexity index is 479. The van der Waals surface area contributed by atoms with Gasteiger partial charge < -0.3 is 15.3 Å². The maximum Gasteiger partial charge on any atom is 0.329 e. The zero-order valence-electron chi connectivity index (χ0n) is 11.2. The lowest BCUT2D eigenvalue weighted by atomic mass is 10.1. The summed E-state index contributed by atoms with van der Waals surface area (Å²) in [6, 6.07) is -0.487. The topological polar surface area (TPSA) is 87.5 Å². The Labute approximate surface area is 105 Å². The second kappa shape index (κ2) is 4.67. The number of carbonyl (C=O) groups is 2. The van der Waals surface area contributed by atoms with Crippen LogP contribution in [0.5, 0.6) is 0 Å². The number of aryl methyl sites for hydroxylation is 2. The van der Waals surface area contributed by atoms with E-state index in [1.807, 2.05) is 0 Å². The van der Waals surface area contributed by atoms with Gasteiger partial charge in [-0.3, -0.25) is 4.68 Å². The summed E-state index contributed by atoms with van der Waals surface area (Å²) in [5.74, 6) is -1.07. The van der Waals surface area contributed by atoms with Gasteiger partial charge in [0.15, 0.2) is 0 Å². The summed E-state index contributed by atoms with van der Waals surface area (Å²) in [4.78, 5) is 24.1. The van der Waals surface area contributed by atoms with Crippen molar-refractivity contribution in [2.24, 2.45) is 7.05 Å². The molecule has 0 spiro atoms. The third-order valence-corrected chi connectivity index (χ3v) is 2.92. The molecule has 1 aromatic rings. The number of urea groups is 1. The largest absolute Gasteiger partial charge is 0.480 e. The van der Waals surface area contributed by atoms with Gasteiger partial charge in [0.25, 0.3) is 0 Å². The number of carboxylic acids is 1. The maximum absolute atomic E-state index is 11.9. The molecule has 0 aromatic carbocycles. The number of aromatic nitrogens is 2. The maximum atomic E-state index is 11.9. The quantitative estimate of drug-likeness (QED) is 0.844. The summed E-state index contributed by atoms with van der Waals surface area (Å²) in [5, 5.41) is 15.8. The number of rotatable bonds is 3. The van der Waals surface area contributed by atoms with Crippen LogP contribution >= 0.6 is 0 Å². The second-order valence-corrected chi connectivity index (χ2v) is 4.66.